The number of furan rings is 1. The van der Waals surface area contributed by atoms with Gasteiger partial charge in [-0.15, -0.1) is 0 Å². The number of nitrogens with zero attached hydrogens (tertiary/aromatic N) is 1. The lowest BCUT2D eigenvalue weighted by Gasteiger charge is -2.48. The lowest BCUT2D eigenvalue weighted by molar-refractivity contribution is -0.135. The van der Waals surface area contributed by atoms with Gasteiger partial charge in [0.2, 0.25) is 0 Å². The fourth-order valence-electron chi connectivity index (χ4n) is 2.76. The lowest BCUT2D eigenvalue weighted by Crippen LogP contribution is -2.67. The number of carbonyl (C=O) groups excluding carboxylic acids is 2. The van der Waals surface area contributed by atoms with E-state index in [1.165, 1.54) is 36.3 Å². The molecule has 11 heteroatoms. The summed E-state index contributed by atoms with van der Waals surface area (Å²) < 4.78 is 60.7. The average Bonchev–Trinajstić information content (AvgIpc) is 3.14. The molecule has 0 radical (unpaired) electrons. The number of rotatable bonds is 6. The highest BCUT2D eigenvalue weighted by molar-refractivity contribution is 7.90. The molecule has 2 amide bonds. The maximum Gasteiger partial charge on any atom is 0.387 e. The highest BCUT2D eigenvalue weighted by Gasteiger charge is 2.51. The molecule has 3 rings (SSSR count). The largest absolute Gasteiger partial charge is 0.459 e. The van der Waals surface area contributed by atoms with Gasteiger partial charge in [0.15, 0.2) is 5.76 Å². The molecule has 0 saturated carbocycles. The van der Waals surface area contributed by atoms with E-state index in [4.69, 9.17) is 4.42 Å². The number of sulfonamides is 1. The average molecular weight is 414 g/mol. The van der Waals surface area contributed by atoms with Crippen LogP contribution in [-0.4, -0.2) is 43.8 Å². The Morgan fingerprint density at radius 1 is 1.29 bits per heavy atom. The third-order valence-corrected chi connectivity index (χ3v) is 5.78. The minimum Gasteiger partial charge on any atom is -0.459 e. The maximum absolute atomic E-state index is 12.6. The summed E-state index contributed by atoms with van der Waals surface area (Å²) in [6, 6.07) is 7.31. The molecule has 0 bridgehead atoms. The molecule has 0 aliphatic carbocycles. The Labute approximate surface area is 159 Å². The Morgan fingerprint density at radius 2 is 2.04 bits per heavy atom. The second kappa shape index (κ2) is 7.23. The summed E-state index contributed by atoms with van der Waals surface area (Å²) in [6.45, 7) is -1.44. The van der Waals surface area contributed by atoms with Crippen LogP contribution in [-0.2, 0) is 14.8 Å². The Kier molecular flexibility index (Phi) is 5.11. The van der Waals surface area contributed by atoms with E-state index in [0.29, 0.717) is 0 Å². The zero-order chi connectivity index (χ0) is 20.5. The van der Waals surface area contributed by atoms with Crippen molar-refractivity contribution in [3.63, 3.8) is 0 Å². The SMILES string of the molecule is CC1(C(=O)NS(=O)(=O)c2cccc(OC(F)F)c2)CCN1C(=O)c1ccco1. The molecule has 1 aliphatic heterocycles. The summed E-state index contributed by atoms with van der Waals surface area (Å²) in [7, 11) is -4.37. The molecular weight excluding hydrogens is 398 g/mol. The Morgan fingerprint density at radius 3 is 2.61 bits per heavy atom. The van der Waals surface area contributed by atoms with Gasteiger partial charge < -0.3 is 14.1 Å². The molecule has 1 aromatic carbocycles. The number of amides is 2. The topological polar surface area (TPSA) is 106 Å². The van der Waals surface area contributed by atoms with E-state index < -0.39 is 38.9 Å². The standard InChI is InChI=1S/C17H16F2N2O6S/c1-17(7-8-21(17)14(22)13-6-3-9-26-13)15(23)20-28(24,25)12-5-2-4-11(10-12)27-16(18)19/h2-6,9-10,16H,7-8H2,1H3,(H,20,23). The zero-order valence-electron chi connectivity index (χ0n) is 14.6. The van der Waals surface area contributed by atoms with E-state index in [1.807, 2.05) is 4.72 Å². The molecule has 2 aromatic rings. The normalized spacial score (nSPS) is 19.2. The highest BCUT2D eigenvalue weighted by Crippen LogP contribution is 2.33. The van der Waals surface area contributed by atoms with E-state index in [0.717, 1.165) is 18.2 Å². The lowest BCUT2D eigenvalue weighted by atomic mass is 9.85. The molecule has 1 N–H and O–H groups in total. The van der Waals surface area contributed by atoms with Crippen molar-refractivity contribution in [1.82, 2.24) is 9.62 Å². The summed E-state index contributed by atoms with van der Waals surface area (Å²) in [5.41, 5.74) is -1.39. The van der Waals surface area contributed by atoms with Crippen LogP contribution in [0, 0.1) is 0 Å². The first-order valence-electron chi connectivity index (χ1n) is 8.11. The molecule has 1 unspecified atom stereocenters. The summed E-state index contributed by atoms with van der Waals surface area (Å²) >= 11 is 0. The quantitative estimate of drug-likeness (QED) is 0.775. The van der Waals surface area contributed by atoms with Crippen LogP contribution in [0.15, 0.2) is 52.0 Å². The smallest absolute Gasteiger partial charge is 0.387 e. The monoisotopic (exact) mass is 414 g/mol. The van der Waals surface area contributed by atoms with Crippen LogP contribution in [0.5, 0.6) is 5.75 Å². The number of carbonyl (C=O) groups is 2. The number of hydrogen-bond acceptors (Lipinski definition) is 6. The third kappa shape index (κ3) is 3.70. The number of benzene rings is 1. The number of ether oxygens (including phenoxy) is 1. The highest BCUT2D eigenvalue weighted by atomic mass is 32.2. The Balaban J connectivity index is 1.77. The van der Waals surface area contributed by atoms with Crippen molar-refractivity contribution >= 4 is 21.8 Å². The van der Waals surface area contributed by atoms with Gasteiger partial charge in [0.25, 0.3) is 21.8 Å². The van der Waals surface area contributed by atoms with Gasteiger partial charge in [-0.3, -0.25) is 9.59 Å². The van der Waals surface area contributed by atoms with Crippen LogP contribution in [0.4, 0.5) is 8.78 Å². The van der Waals surface area contributed by atoms with Crippen LogP contribution in [0.25, 0.3) is 0 Å². The van der Waals surface area contributed by atoms with E-state index in [2.05, 4.69) is 4.74 Å². The molecular formula is C17H16F2N2O6S. The summed E-state index contributed by atoms with van der Waals surface area (Å²) in [5.74, 6) is -1.80. The fraction of sp³-hybridized carbons (Fsp3) is 0.294. The number of likely N-dealkylation sites (tertiary alicyclic amines) is 1. The van der Waals surface area contributed by atoms with Crippen LogP contribution < -0.4 is 9.46 Å². The van der Waals surface area contributed by atoms with Crippen LogP contribution in [0.3, 0.4) is 0 Å². The third-order valence-electron chi connectivity index (χ3n) is 4.45. The van der Waals surface area contributed by atoms with E-state index in [9.17, 15) is 26.8 Å². The van der Waals surface area contributed by atoms with Crippen molar-refractivity contribution in [2.24, 2.45) is 0 Å². The Bertz CT molecular complexity index is 993. The van der Waals surface area contributed by atoms with E-state index in [1.54, 1.807) is 0 Å². The summed E-state index contributed by atoms with van der Waals surface area (Å²) in [5, 5.41) is 0. The van der Waals surface area contributed by atoms with Crippen molar-refractivity contribution in [3.05, 3.63) is 48.4 Å². The molecule has 8 nitrogen and oxygen atoms in total. The second-order valence-corrected chi connectivity index (χ2v) is 7.93. The van der Waals surface area contributed by atoms with Gasteiger partial charge >= 0.3 is 6.61 Å². The molecule has 0 spiro atoms. The summed E-state index contributed by atoms with van der Waals surface area (Å²) in [6.07, 6.45) is 1.55. The first kappa shape index (κ1) is 19.8. The number of halogens is 2. The van der Waals surface area contributed by atoms with Gasteiger partial charge in [-0.1, -0.05) is 6.07 Å². The van der Waals surface area contributed by atoms with E-state index in [-0.39, 0.29) is 24.5 Å². The zero-order valence-corrected chi connectivity index (χ0v) is 15.4. The molecule has 150 valence electrons. The predicted molar refractivity (Wildman–Crippen MR) is 91.2 cm³/mol. The van der Waals surface area contributed by atoms with E-state index >= 15 is 0 Å². The van der Waals surface area contributed by atoms with Crippen molar-refractivity contribution in [1.29, 1.82) is 0 Å². The minimum atomic E-state index is -4.37. The van der Waals surface area contributed by atoms with Crippen LogP contribution >= 0.6 is 0 Å². The van der Waals surface area contributed by atoms with Crippen molar-refractivity contribution in [3.8, 4) is 5.75 Å². The maximum atomic E-state index is 12.6. The molecule has 1 saturated heterocycles. The van der Waals surface area contributed by atoms with Gasteiger partial charge in [0, 0.05) is 12.6 Å². The molecule has 1 atom stereocenters. The van der Waals surface area contributed by atoms with Crippen molar-refractivity contribution in [2.45, 2.75) is 30.4 Å². The second-order valence-electron chi connectivity index (χ2n) is 6.25. The van der Waals surface area contributed by atoms with Gasteiger partial charge in [-0.25, -0.2) is 13.1 Å². The Hall–Kier alpha value is -2.95. The van der Waals surface area contributed by atoms with Gasteiger partial charge in [0.1, 0.15) is 11.3 Å². The van der Waals surface area contributed by atoms with Crippen molar-refractivity contribution < 1.29 is 35.9 Å². The molecule has 1 aliphatic rings. The molecule has 1 fully saturated rings. The van der Waals surface area contributed by atoms with Crippen LogP contribution in [0.1, 0.15) is 23.9 Å². The number of nitrogens with one attached hydrogen (secondary N) is 1. The van der Waals surface area contributed by atoms with Crippen LogP contribution in [0.2, 0.25) is 0 Å². The van der Waals surface area contributed by atoms with Crippen molar-refractivity contribution in [2.75, 3.05) is 6.54 Å². The fourth-order valence-corrected chi connectivity index (χ4v) is 3.87. The molecule has 28 heavy (non-hydrogen) atoms. The number of alkyl halides is 2. The molecule has 2 heterocycles. The minimum absolute atomic E-state index is 0.0263. The summed E-state index contributed by atoms with van der Waals surface area (Å²) in [4.78, 5) is 25.8. The first-order chi connectivity index (χ1) is 13.1. The predicted octanol–water partition coefficient (Wildman–Crippen LogP) is 1.99. The van der Waals surface area contributed by atoms with Gasteiger partial charge in [-0.2, -0.15) is 8.78 Å². The van der Waals surface area contributed by atoms with Gasteiger partial charge in [-0.05, 0) is 37.6 Å². The number of hydrogen-bond donors (Lipinski definition) is 1. The molecule has 1 aromatic heterocycles. The van der Waals surface area contributed by atoms with Gasteiger partial charge in [0.05, 0.1) is 11.2 Å². The first-order valence-corrected chi connectivity index (χ1v) is 9.59.